The third-order valence-corrected chi connectivity index (χ3v) is 3.75. The number of nitrogens with two attached hydrogens (primary N) is 1. The van der Waals surface area contributed by atoms with Crippen molar-refractivity contribution in [2.24, 2.45) is 5.92 Å². The Balaban J connectivity index is 2.13. The van der Waals surface area contributed by atoms with E-state index in [1.807, 2.05) is 0 Å². The largest absolute Gasteiger partial charge is 0.398 e. The molecule has 1 aromatic carbocycles. The monoisotopic (exact) mass is 307 g/mol. The molecule has 0 heterocycles. The van der Waals surface area contributed by atoms with Gasteiger partial charge in [-0.3, -0.25) is 4.79 Å². The molecule has 1 aromatic rings. The van der Waals surface area contributed by atoms with E-state index >= 15 is 0 Å². The zero-order valence-electron chi connectivity index (χ0n) is 9.82. The highest BCUT2D eigenvalue weighted by Gasteiger charge is 2.28. The molecule has 1 saturated carbocycles. The zero-order valence-corrected chi connectivity index (χ0v) is 11.4. The van der Waals surface area contributed by atoms with Gasteiger partial charge in [-0.25, -0.2) is 0 Å². The molecule has 0 saturated heterocycles. The van der Waals surface area contributed by atoms with Gasteiger partial charge in [-0.15, -0.1) is 0 Å². The molecule has 2 atom stereocenters. The molecule has 3 N–H and O–H groups in total. The molecule has 2 rings (SSSR count). The molecule has 0 bridgehead atoms. The summed E-state index contributed by atoms with van der Waals surface area (Å²) in [6.45, 7) is 0. The second-order valence-electron chi connectivity index (χ2n) is 4.48. The fourth-order valence-corrected chi connectivity index (χ4v) is 2.62. The van der Waals surface area contributed by atoms with Crippen LogP contribution in [0.15, 0.2) is 22.7 Å². The first-order valence-electron chi connectivity index (χ1n) is 5.87. The average molecular weight is 308 g/mol. The minimum Gasteiger partial charge on any atom is -0.398 e. The lowest BCUT2D eigenvalue weighted by molar-refractivity contribution is 0.0933. The summed E-state index contributed by atoms with van der Waals surface area (Å²) in [5.74, 6) is -0.289. The summed E-state index contributed by atoms with van der Waals surface area (Å²) >= 11 is 3.31. The Morgan fingerprint density at radius 2 is 2.28 bits per heavy atom. The third kappa shape index (κ3) is 2.65. The molecule has 0 aliphatic heterocycles. The number of anilines is 1. The minimum atomic E-state index is -0.207. The van der Waals surface area contributed by atoms with E-state index in [0.717, 1.165) is 23.7 Å². The van der Waals surface area contributed by atoms with Gasteiger partial charge >= 0.3 is 0 Å². The van der Waals surface area contributed by atoms with Gasteiger partial charge in [-0.05, 0) is 37.5 Å². The van der Waals surface area contributed by atoms with E-state index in [2.05, 4.69) is 27.3 Å². The average Bonchev–Trinajstić information content (AvgIpc) is 2.79. The molecule has 2 unspecified atom stereocenters. The number of carbonyl (C=O) groups is 1. The maximum atomic E-state index is 12.1. The molecular formula is C13H14BrN3O. The summed E-state index contributed by atoms with van der Waals surface area (Å²) in [7, 11) is 0. The maximum absolute atomic E-state index is 12.1. The van der Waals surface area contributed by atoms with Crippen molar-refractivity contribution in [3.63, 3.8) is 0 Å². The van der Waals surface area contributed by atoms with Crippen molar-refractivity contribution in [2.75, 3.05) is 5.73 Å². The molecule has 1 amide bonds. The predicted octanol–water partition coefficient (Wildman–Crippen LogP) is 2.45. The molecule has 1 aliphatic rings. The van der Waals surface area contributed by atoms with Gasteiger partial charge in [-0.1, -0.05) is 15.9 Å². The number of nitrogens with zero attached hydrogens (tertiary/aromatic N) is 1. The number of hydrogen-bond donors (Lipinski definition) is 2. The van der Waals surface area contributed by atoms with Crippen LogP contribution in [-0.2, 0) is 0 Å². The SMILES string of the molecule is N#CC1CCCC1NC(=O)c1cc(Br)ccc1N. The molecule has 0 aromatic heterocycles. The minimum absolute atomic E-state index is 0.0547. The molecule has 94 valence electrons. The van der Waals surface area contributed by atoms with Crippen LogP contribution in [0.1, 0.15) is 29.6 Å². The van der Waals surface area contributed by atoms with Crippen LogP contribution in [0.2, 0.25) is 0 Å². The number of rotatable bonds is 2. The van der Waals surface area contributed by atoms with Crippen LogP contribution in [0.4, 0.5) is 5.69 Å². The van der Waals surface area contributed by atoms with Gasteiger partial charge in [0.1, 0.15) is 0 Å². The first-order chi connectivity index (χ1) is 8.61. The first-order valence-corrected chi connectivity index (χ1v) is 6.66. The highest BCUT2D eigenvalue weighted by molar-refractivity contribution is 9.10. The van der Waals surface area contributed by atoms with E-state index in [-0.39, 0.29) is 17.9 Å². The van der Waals surface area contributed by atoms with Crippen molar-refractivity contribution < 1.29 is 4.79 Å². The van der Waals surface area contributed by atoms with E-state index < -0.39 is 0 Å². The summed E-state index contributed by atoms with van der Waals surface area (Å²) in [4.78, 5) is 12.1. The van der Waals surface area contributed by atoms with Gasteiger partial charge in [0.2, 0.25) is 0 Å². The normalized spacial score (nSPS) is 22.4. The Labute approximate surface area is 114 Å². The molecule has 1 aliphatic carbocycles. The summed E-state index contributed by atoms with van der Waals surface area (Å²) < 4.78 is 0.810. The second-order valence-corrected chi connectivity index (χ2v) is 5.39. The van der Waals surface area contributed by atoms with Crippen LogP contribution in [-0.4, -0.2) is 11.9 Å². The van der Waals surface area contributed by atoms with Gasteiger partial charge in [0.15, 0.2) is 0 Å². The predicted molar refractivity (Wildman–Crippen MR) is 72.8 cm³/mol. The quantitative estimate of drug-likeness (QED) is 0.824. The van der Waals surface area contributed by atoms with E-state index in [1.54, 1.807) is 18.2 Å². The van der Waals surface area contributed by atoms with Gasteiger partial charge < -0.3 is 11.1 Å². The Kier molecular flexibility index (Phi) is 3.87. The van der Waals surface area contributed by atoms with Crippen LogP contribution >= 0.6 is 15.9 Å². The highest BCUT2D eigenvalue weighted by Crippen LogP contribution is 2.26. The Morgan fingerprint density at radius 1 is 1.50 bits per heavy atom. The lowest BCUT2D eigenvalue weighted by atomic mass is 10.0. The number of halogens is 1. The lowest BCUT2D eigenvalue weighted by Gasteiger charge is -2.16. The van der Waals surface area contributed by atoms with Crippen molar-refractivity contribution in [1.82, 2.24) is 5.32 Å². The van der Waals surface area contributed by atoms with E-state index in [0.29, 0.717) is 11.3 Å². The van der Waals surface area contributed by atoms with E-state index in [9.17, 15) is 4.79 Å². The number of hydrogen-bond acceptors (Lipinski definition) is 3. The standard InChI is InChI=1S/C13H14BrN3O/c14-9-4-5-11(16)10(6-9)13(18)17-12-3-1-2-8(12)7-15/h4-6,8,12H,1-3,16H2,(H,17,18). The maximum Gasteiger partial charge on any atom is 0.253 e. The van der Waals surface area contributed by atoms with E-state index in [4.69, 9.17) is 11.0 Å². The van der Waals surface area contributed by atoms with Crippen molar-refractivity contribution in [2.45, 2.75) is 25.3 Å². The van der Waals surface area contributed by atoms with Crippen LogP contribution in [0.5, 0.6) is 0 Å². The topological polar surface area (TPSA) is 78.9 Å². The van der Waals surface area contributed by atoms with Crippen LogP contribution in [0.3, 0.4) is 0 Å². The van der Waals surface area contributed by atoms with Crippen LogP contribution in [0.25, 0.3) is 0 Å². The fraction of sp³-hybridized carbons (Fsp3) is 0.385. The van der Waals surface area contributed by atoms with Crippen molar-refractivity contribution in [3.8, 4) is 6.07 Å². The Morgan fingerprint density at radius 3 is 3.00 bits per heavy atom. The molecule has 18 heavy (non-hydrogen) atoms. The van der Waals surface area contributed by atoms with Crippen LogP contribution in [0, 0.1) is 17.2 Å². The first kappa shape index (κ1) is 12.9. The Hall–Kier alpha value is -1.54. The zero-order chi connectivity index (χ0) is 13.1. The van der Waals surface area contributed by atoms with Crippen molar-refractivity contribution in [3.05, 3.63) is 28.2 Å². The van der Waals surface area contributed by atoms with Crippen molar-refractivity contribution >= 4 is 27.5 Å². The number of carbonyl (C=O) groups excluding carboxylic acids is 1. The van der Waals surface area contributed by atoms with Gasteiger partial charge in [0.05, 0.1) is 17.6 Å². The lowest BCUT2D eigenvalue weighted by Crippen LogP contribution is -2.37. The fourth-order valence-electron chi connectivity index (χ4n) is 2.26. The number of nitrogens with one attached hydrogen (secondary N) is 1. The van der Waals surface area contributed by atoms with Crippen LogP contribution < -0.4 is 11.1 Å². The molecule has 0 radical (unpaired) electrons. The number of nitrogen functional groups attached to an aromatic ring is 1. The smallest absolute Gasteiger partial charge is 0.253 e. The highest BCUT2D eigenvalue weighted by atomic mass is 79.9. The summed E-state index contributed by atoms with van der Waals surface area (Å²) in [5.41, 5.74) is 6.68. The molecule has 1 fully saturated rings. The van der Waals surface area contributed by atoms with Gasteiger partial charge in [0.25, 0.3) is 5.91 Å². The number of nitriles is 1. The van der Waals surface area contributed by atoms with Gasteiger partial charge in [-0.2, -0.15) is 5.26 Å². The summed E-state index contributed by atoms with van der Waals surface area (Å²) in [5, 5.41) is 11.9. The van der Waals surface area contributed by atoms with Crippen molar-refractivity contribution in [1.29, 1.82) is 5.26 Å². The third-order valence-electron chi connectivity index (χ3n) is 3.26. The molecule has 5 heteroatoms. The molecule has 4 nitrogen and oxygen atoms in total. The van der Waals surface area contributed by atoms with E-state index in [1.165, 1.54) is 0 Å². The Bertz CT molecular complexity index is 509. The van der Waals surface area contributed by atoms with Gasteiger partial charge in [0, 0.05) is 16.2 Å². The number of benzene rings is 1. The summed E-state index contributed by atoms with van der Waals surface area (Å²) in [6.07, 6.45) is 2.70. The molecule has 0 spiro atoms. The molecular weight excluding hydrogens is 294 g/mol. The second kappa shape index (κ2) is 5.40. The summed E-state index contributed by atoms with van der Waals surface area (Å²) in [6, 6.07) is 7.36. The number of amides is 1.